The monoisotopic (exact) mass is 522 g/mol. The van der Waals surface area contributed by atoms with Crippen molar-refractivity contribution in [1.29, 1.82) is 0 Å². The Balaban J connectivity index is 1.66. The number of allylic oxidation sites excluding steroid dienone is 4. The van der Waals surface area contributed by atoms with Crippen LogP contribution in [0.4, 0.5) is 0 Å². The zero-order valence-electron chi connectivity index (χ0n) is 23.3. The van der Waals surface area contributed by atoms with E-state index in [0.29, 0.717) is 0 Å². The minimum atomic E-state index is -0.0711. The van der Waals surface area contributed by atoms with Gasteiger partial charge < -0.3 is 0 Å². The van der Waals surface area contributed by atoms with Crippen LogP contribution < -0.4 is 0 Å². The van der Waals surface area contributed by atoms with Gasteiger partial charge in [-0.2, -0.15) is 11.5 Å². The quantitative estimate of drug-likeness (QED) is 0.302. The molecule has 38 heavy (non-hydrogen) atoms. The van der Waals surface area contributed by atoms with Gasteiger partial charge in [0, 0.05) is 10.6 Å². The molecule has 0 saturated heterocycles. The minimum absolute atomic E-state index is 0.0711. The highest BCUT2D eigenvalue weighted by atomic mass is 35.5. The molecule has 0 nitrogen and oxygen atoms in total. The predicted octanol–water partition coefficient (Wildman–Crippen LogP) is 10.8. The Morgan fingerprint density at radius 2 is 0.868 bits per heavy atom. The second-order valence-electron chi connectivity index (χ2n) is 13.1. The number of hydrogen-bond acceptors (Lipinski definition) is 0. The van der Waals surface area contributed by atoms with Crippen LogP contribution in [0.2, 0.25) is 0 Å². The first-order chi connectivity index (χ1) is 18.8. The molecule has 198 valence electrons. The summed E-state index contributed by atoms with van der Waals surface area (Å²) in [7, 11) is 0. The first kappa shape index (κ1) is 25.3. The molecule has 7 rings (SSSR count). The van der Waals surface area contributed by atoms with E-state index in [9.17, 15) is 0 Å². The topological polar surface area (TPSA) is 0 Å². The maximum atomic E-state index is 8.41. The van der Waals surface area contributed by atoms with Crippen molar-refractivity contribution in [2.45, 2.75) is 126 Å². The average molecular weight is 523 g/mol. The fourth-order valence-electron chi connectivity index (χ4n) is 9.69. The molecule has 2 aliphatic heterocycles. The molecule has 0 radical (unpaired) electrons. The van der Waals surface area contributed by atoms with Gasteiger partial charge >= 0.3 is 0 Å². The molecule has 2 aromatic rings. The summed E-state index contributed by atoms with van der Waals surface area (Å²) in [4.78, 5) is 0. The van der Waals surface area contributed by atoms with E-state index in [0.717, 1.165) is 0 Å². The van der Waals surface area contributed by atoms with Crippen molar-refractivity contribution in [3.05, 3.63) is 82.0 Å². The summed E-state index contributed by atoms with van der Waals surface area (Å²) < 4.78 is 0. The number of fused-ring (bicyclic) bond motifs is 4. The molecule has 2 aromatic carbocycles. The van der Waals surface area contributed by atoms with Crippen molar-refractivity contribution in [2.75, 3.05) is 0 Å². The SMILES string of the molecule is ClB1[C@@]23CCCCCCC2=C2CCCCCCC2=C2CCCCCC[C@@]12c1ccccc1-c1ccccc13. The Morgan fingerprint density at radius 3 is 1.34 bits per heavy atom. The van der Waals surface area contributed by atoms with Crippen LogP contribution in [-0.2, 0) is 10.6 Å². The Hall–Kier alpha value is -1.73. The third-order valence-corrected chi connectivity index (χ3v) is 12.0. The van der Waals surface area contributed by atoms with Crippen molar-refractivity contribution in [3.63, 3.8) is 0 Å². The number of rotatable bonds is 0. The molecule has 0 unspecified atom stereocenters. The Bertz CT molecular complexity index is 1170. The summed E-state index contributed by atoms with van der Waals surface area (Å²) in [6.07, 6.45) is 23.7. The lowest BCUT2D eigenvalue weighted by Crippen LogP contribution is -2.55. The number of halogens is 1. The fourth-order valence-corrected chi connectivity index (χ4v) is 10.4. The summed E-state index contributed by atoms with van der Waals surface area (Å²) in [5.74, 6) is 0. The molecule has 2 spiro atoms. The first-order valence-electron chi connectivity index (χ1n) is 16.1. The van der Waals surface area contributed by atoms with Crippen LogP contribution in [-0.4, -0.2) is 6.13 Å². The van der Waals surface area contributed by atoms with Crippen LogP contribution in [0, 0.1) is 0 Å². The molecular formula is C36H44BCl. The highest BCUT2D eigenvalue weighted by Crippen LogP contribution is 2.64. The molecular weight excluding hydrogens is 479 g/mol. The third kappa shape index (κ3) is 3.70. The van der Waals surface area contributed by atoms with Crippen LogP contribution in [0.25, 0.3) is 11.1 Å². The van der Waals surface area contributed by atoms with E-state index >= 15 is 0 Å². The highest BCUT2D eigenvalue weighted by Gasteiger charge is 2.62. The van der Waals surface area contributed by atoms with Crippen molar-refractivity contribution in [1.82, 2.24) is 0 Å². The fraction of sp³-hybridized carbons (Fsp3) is 0.556. The summed E-state index contributed by atoms with van der Waals surface area (Å²) in [6.45, 7) is 0. The van der Waals surface area contributed by atoms with Crippen LogP contribution in [0.5, 0.6) is 0 Å². The molecule has 2 bridgehead atoms. The van der Waals surface area contributed by atoms with Gasteiger partial charge in [0.1, 0.15) is 0 Å². The van der Waals surface area contributed by atoms with E-state index in [4.69, 9.17) is 11.5 Å². The smallest absolute Gasteiger partial charge is 0.193 e. The number of hydrogen-bond donors (Lipinski definition) is 0. The zero-order valence-corrected chi connectivity index (χ0v) is 24.1. The second-order valence-corrected chi connectivity index (χ2v) is 13.5. The summed E-state index contributed by atoms with van der Waals surface area (Å²) in [5, 5.41) is -0.142. The second kappa shape index (κ2) is 10.4. The maximum Gasteiger partial charge on any atom is 0.280 e. The van der Waals surface area contributed by atoms with Crippen molar-refractivity contribution < 1.29 is 0 Å². The Morgan fingerprint density at radius 1 is 0.474 bits per heavy atom. The van der Waals surface area contributed by atoms with E-state index in [1.165, 1.54) is 127 Å². The van der Waals surface area contributed by atoms with Crippen molar-refractivity contribution in [3.8, 4) is 11.1 Å². The zero-order chi connectivity index (χ0) is 25.6. The van der Waals surface area contributed by atoms with Crippen molar-refractivity contribution in [2.24, 2.45) is 0 Å². The van der Waals surface area contributed by atoms with E-state index in [1.807, 2.05) is 0 Å². The summed E-state index contributed by atoms with van der Waals surface area (Å²) >= 11 is 8.41. The van der Waals surface area contributed by atoms with Gasteiger partial charge in [-0.15, -0.1) is 0 Å². The van der Waals surface area contributed by atoms with Gasteiger partial charge in [-0.3, -0.25) is 0 Å². The van der Waals surface area contributed by atoms with Crippen molar-refractivity contribution >= 4 is 17.6 Å². The van der Waals surface area contributed by atoms with E-state index < -0.39 is 0 Å². The minimum Gasteiger partial charge on any atom is -0.193 e. The summed E-state index contributed by atoms with van der Waals surface area (Å²) in [5.41, 5.74) is 13.2. The van der Waals surface area contributed by atoms with Gasteiger partial charge in [0.2, 0.25) is 0 Å². The van der Waals surface area contributed by atoms with Gasteiger partial charge in [0.05, 0.1) is 0 Å². The van der Waals surface area contributed by atoms with Crippen LogP contribution in [0.1, 0.15) is 127 Å². The molecule has 0 amide bonds. The lowest BCUT2D eigenvalue weighted by atomic mass is 9.30. The molecule has 2 heteroatoms. The van der Waals surface area contributed by atoms with Crippen LogP contribution >= 0.6 is 11.5 Å². The first-order valence-corrected chi connectivity index (χ1v) is 16.5. The van der Waals surface area contributed by atoms with E-state index in [2.05, 4.69) is 48.5 Å². The normalized spacial score (nSPS) is 29.9. The van der Waals surface area contributed by atoms with Gasteiger partial charge in [0.15, 0.2) is 0 Å². The third-order valence-electron chi connectivity index (χ3n) is 11.2. The highest BCUT2D eigenvalue weighted by molar-refractivity contribution is 7.10. The molecule has 5 aliphatic rings. The molecule has 3 aliphatic carbocycles. The average Bonchev–Trinajstić information content (AvgIpc) is 3.01. The Labute approximate surface area is 236 Å². The largest absolute Gasteiger partial charge is 0.280 e. The molecule has 2 atom stereocenters. The standard InChI is InChI=1S/C36H44BCl/c38-37-35-25-15-5-3-9-21-31(35)27-17-7-1-2-8-18-28(27)32-22-10-4-6-16-26-36(32,37)34-24-14-12-20-30(34)29-19-11-13-23-33(29)35/h11-14,19-20,23-24H,1-10,15-18,21-22,25-26H2/t35-,36+. The molecule has 3 fully saturated rings. The molecule has 0 N–H and O–H groups in total. The number of benzene rings is 2. The predicted molar refractivity (Wildman–Crippen MR) is 164 cm³/mol. The maximum absolute atomic E-state index is 8.41. The van der Waals surface area contributed by atoms with Crippen LogP contribution in [0.15, 0.2) is 70.8 Å². The van der Waals surface area contributed by atoms with Gasteiger partial charge in [-0.05, 0) is 97.6 Å². The lowest BCUT2D eigenvalue weighted by molar-refractivity contribution is 0.456. The van der Waals surface area contributed by atoms with E-state index in [1.54, 1.807) is 33.4 Å². The van der Waals surface area contributed by atoms with Gasteiger partial charge in [0.25, 0.3) is 6.13 Å². The molecule has 0 aromatic heterocycles. The van der Waals surface area contributed by atoms with Gasteiger partial charge in [-0.1, -0.05) is 111 Å². The lowest BCUT2D eigenvalue weighted by Gasteiger charge is -2.48. The Kier molecular flexibility index (Phi) is 6.88. The van der Waals surface area contributed by atoms with Crippen LogP contribution in [0.3, 0.4) is 0 Å². The molecule has 3 saturated carbocycles. The molecule has 2 heterocycles. The summed E-state index contributed by atoms with van der Waals surface area (Å²) in [6, 6.07) is 19.1. The van der Waals surface area contributed by atoms with E-state index in [-0.39, 0.29) is 16.8 Å². The van der Waals surface area contributed by atoms with Gasteiger partial charge in [-0.25, -0.2) is 0 Å².